The molecule has 3 fully saturated rings. The number of fused-ring (bicyclic) bond motifs is 3. The van der Waals surface area contributed by atoms with Gasteiger partial charge in [-0.05, 0) is 44.3 Å². The van der Waals surface area contributed by atoms with Gasteiger partial charge in [-0.25, -0.2) is 19.5 Å². The number of hydrogen-bond acceptors (Lipinski definition) is 8. The summed E-state index contributed by atoms with van der Waals surface area (Å²) in [6.45, 7) is 8.55. The van der Waals surface area contributed by atoms with Crippen molar-refractivity contribution in [2.75, 3.05) is 24.6 Å². The van der Waals surface area contributed by atoms with E-state index in [2.05, 4.69) is 43.8 Å². The molecule has 0 spiro atoms. The van der Waals surface area contributed by atoms with Gasteiger partial charge in [0.25, 0.3) is 0 Å². The van der Waals surface area contributed by atoms with Crippen molar-refractivity contribution in [1.82, 2.24) is 24.6 Å². The van der Waals surface area contributed by atoms with Gasteiger partial charge in [0.2, 0.25) is 0 Å². The van der Waals surface area contributed by atoms with E-state index in [-0.39, 0.29) is 6.10 Å². The summed E-state index contributed by atoms with van der Waals surface area (Å²) in [5.41, 5.74) is 4.05. The zero-order valence-electron chi connectivity index (χ0n) is 19.6. The summed E-state index contributed by atoms with van der Waals surface area (Å²) in [5, 5.41) is 4.51. The standard InChI is InChI=1S/C26H27N7O2/c1-3-34-21-10-22(24-20(11-27-2)13-31-33(24)16-21)17-5-6-23(30-12-17)32-14-18-9-19(15-32)25(18)35-26-28-7-4-8-29-26/h4-8,10,12-13,16,18-19,25H,2-3,9,11,14-15H2,1H3/t18-,19+,25?. The number of nitrogens with zero attached hydrogens (tertiary/aromatic N) is 7. The van der Waals surface area contributed by atoms with Crippen molar-refractivity contribution in [3.63, 3.8) is 0 Å². The summed E-state index contributed by atoms with van der Waals surface area (Å²) < 4.78 is 13.7. The lowest BCUT2D eigenvalue weighted by Crippen LogP contribution is -2.60. The number of aromatic nitrogens is 5. The monoisotopic (exact) mass is 469 g/mol. The van der Waals surface area contributed by atoms with Crippen molar-refractivity contribution in [2.24, 2.45) is 16.8 Å². The van der Waals surface area contributed by atoms with Crippen molar-refractivity contribution in [1.29, 1.82) is 0 Å². The summed E-state index contributed by atoms with van der Waals surface area (Å²) in [6, 6.07) is 8.54. The van der Waals surface area contributed by atoms with Crippen molar-refractivity contribution < 1.29 is 9.47 Å². The van der Waals surface area contributed by atoms with Crippen LogP contribution in [0.5, 0.6) is 11.8 Å². The van der Waals surface area contributed by atoms with Crippen LogP contribution in [-0.4, -0.2) is 57.1 Å². The Hall–Kier alpha value is -4.01. The number of aliphatic imine (C=N–C) groups is 1. The molecular formula is C26H27N7O2. The minimum Gasteiger partial charge on any atom is -0.492 e. The predicted octanol–water partition coefficient (Wildman–Crippen LogP) is 3.69. The molecule has 0 amide bonds. The van der Waals surface area contributed by atoms with E-state index in [1.54, 1.807) is 18.5 Å². The number of rotatable bonds is 8. The van der Waals surface area contributed by atoms with Crippen LogP contribution in [0.4, 0.5) is 5.82 Å². The number of anilines is 1. The number of piperidine rings is 2. The zero-order chi connectivity index (χ0) is 23.8. The van der Waals surface area contributed by atoms with E-state index in [4.69, 9.17) is 14.5 Å². The summed E-state index contributed by atoms with van der Waals surface area (Å²) >= 11 is 0. The fraction of sp³-hybridized carbons (Fsp3) is 0.346. The molecule has 35 heavy (non-hydrogen) atoms. The first-order chi connectivity index (χ1) is 17.2. The lowest BCUT2D eigenvalue weighted by molar-refractivity contribution is -0.0396. The third-order valence-electron chi connectivity index (χ3n) is 6.87. The van der Waals surface area contributed by atoms with Gasteiger partial charge in [0, 0.05) is 60.2 Å². The van der Waals surface area contributed by atoms with E-state index in [0.717, 1.165) is 46.9 Å². The molecule has 9 nitrogen and oxygen atoms in total. The largest absolute Gasteiger partial charge is 0.492 e. The van der Waals surface area contributed by atoms with Crippen LogP contribution in [-0.2, 0) is 6.54 Å². The molecule has 1 aliphatic carbocycles. The Morgan fingerprint density at radius 1 is 1.11 bits per heavy atom. The highest BCUT2D eigenvalue weighted by atomic mass is 16.5. The van der Waals surface area contributed by atoms with Crippen molar-refractivity contribution >= 4 is 18.1 Å². The molecule has 2 saturated heterocycles. The fourth-order valence-electron chi connectivity index (χ4n) is 5.29. The average Bonchev–Trinajstić information content (AvgIpc) is 3.31. The third-order valence-corrected chi connectivity index (χ3v) is 6.87. The molecule has 6 heterocycles. The summed E-state index contributed by atoms with van der Waals surface area (Å²) in [4.78, 5) is 19.7. The number of ether oxygens (including phenoxy) is 2. The molecule has 0 N–H and O–H groups in total. The van der Waals surface area contributed by atoms with E-state index < -0.39 is 0 Å². The Bertz CT molecular complexity index is 1330. The second-order valence-corrected chi connectivity index (χ2v) is 9.05. The molecule has 0 radical (unpaired) electrons. The maximum atomic E-state index is 6.07. The molecule has 9 heteroatoms. The Labute approximate surface area is 203 Å². The van der Waals surface area contributed by atoms with Gasteiger partial charge in [-0.2, -0.15) is 5.10 Å². The molecule has 7 rings (SSSR count). The molecule has 2 bridgehead atoms. The molecule has 0 aromatic carbocycles. The maximum Gasteiger partial charge on any atom is 0.316 e. The minimum absolute atomic E-state index is 0.182. The summed E-state index contributed by atoms with van der Waals surface area (Å²) in [6.07, 6.45) is 10.5. The van der Waals surface area contributed by atoms with E-state index in [0.29, 0.717) is 31.0 Å². The molecule has 4 aromatic rings. The van der Waals surface area contributed by atoms with E-state index in [1.165, 1.54) is 6.42 Å². The quantitative estimate of drug-likeness (QED) is 0.364. The SMILES string of the molecule is C=NCc1cnn2cc(OCC)cc(-c3ccc(N4C[C@H]5C[C@@H](C4)C5Oc4ncccn4)nc3)c12. The van der Waals surface area contributed by atoms with Gasteiger partial charge in [0.05, 0.1) is 31.1 Å². The van der Waals surface area contributed by atoms with E-state index in [1.807, 2.05) is 36.1 Å². The third kappa shape index (κ3) is 3.96. The van der Waals surface area contributed by atoms with Gasteiger partial charge in [-0.15, -0.1) is 0 Å². The fourth-order valence-corrected chi connectivity index (χ4v) is 5.29. The first kappa shape index (κ1) is 21.5. The highest BCUT2D eigenvalue weighted by Crippen LogP contribution is 2.43. The van der Waals surface area contributed by atoms with Crippen molar-refractivity contribution in [3.05, 3.63) is 60.8 Å². The Morgan fingerprint density at radius 3 is 2.66 bits per heavy atom. The van der Waals surface area contributed by atoms with Crippen molar-refractivity contribution in [2.45, 2.75) is 26.0 Å². The lowest BCUT2D eigenvalue weighted by atomic mass is 9.68. The topological polar surface area (TPSA) is 90.0 Å². The minimum atomic E-state index is 0.182. The second-order valence-electron chi connectivity index (χ2n) is 9.05. The van der Waals surface area contributed by atoms with Gasteiger partial charge < -0.3 is 14.4 Å². The zero-order valence-corrected chi connectivity index (χ0v) is 19.6. The molecule has 3 aliphatic rings. The second kappa shape index (κ2) is 8.98. The van der Waals surface area contributed by atoms with Gasteiger partial charge in [-0.3, -0.25) is 4.99 Å². The van der Waals surface area contributed by atoms with Gasteiger partial charge in [-0.1, -0.05) is 0 Å². The molecule has 2 aliphatic heterocycles. The molecular weight excluding hydrogens is 442 g/mol. The Kier molecular flexibility index (Phi) is 5.52. The molecule has 1 saturated carbocycles. The van der Waals surface area contributed by atoms with E-state index >= 15 is 0 Å². The van der Waals surface area contributed by atoms with Crippen molar-refractivity contribution in [3.8, 4) is 22.9 Å². The number of pyridine rings is 2. The highest BCUT2D eigenvalue weighted by Gasteiger charge is 2.49. The summed E-state index contributed by atoms with van der Waals surface area (Å²) in [7, 11) is 0. The van der Waals surface area contributed by atoms with Gasteiger partial charge in [0.1, 0.15) is 17.7 Å². The van der Waals surface area contributed by atoms with E-state index in [9.17, 15) is 0 Å². The lowest BCUT2D eigenvalue weighted by Gasteiger charge is -2.52. The van der Waals surface area contributed by atoms with Crippen LogP contribution in [0.2, 0.25) is 0 Å². The molecule has 4 aromatic heterocycles. The van der Waals surface area contributed by atoms with Crippen LogP contribution < -0.4 is 14.4 Å². The molecule has 178 valence electrons. The highest BCUT2D eigenvalue weighted by molar-refractivity contribution is 5.83. The van der Waals surface area contributed by atoms with Crippen LogP contribution in [0, 0.1) is 11.8 Å². The predicted molar refractivity (Wildman–Crippen MR) is 133 cm³/mol. The van der Waals surface area contributed by atoms with Gasteiger partial charge in [0.15, 0.2) is 0 Å². The summed E-state index contributed by atoms with van der Waals surface area (Å²) in [5.74, 6) is 2.67. The van der Waals surface area contributed by atoms with Crippen LogP contribution >= 0.6 is 0 Å². The van der Waals surface area contributed by atoms with Crippen LogP contribution in [0.25, 0.3) is 16.6 Å². The molecule has 3 atom stereocenters. The first-order valence-corrected chi connectivity index (χ1v) is 11.9. The number of hydrogen-bond donors (Lipinski definition) is 0. The van der Waals surface area contributed by atoms with Crippen LogP contribution in [0.15, 0.2) is 60.2 Å². The Morgan fingerprint density at radius 2 is 1.94 bits per heavy atom. The maximum absolute atomic E-state index is 6.07. The van der Waals surface area contributed by atoms with Crippen LogP contribution in [0.1, 0.15) is 18.9 Å². The Balaban J connectivity index is 1.23. The van der Waals surface area contributed by atoms with Gasteiger partial charge >= 0.3 is 6.01 Å². The average molecular weight is 470 g/mol. The normalized spacial score (nSPS) is 20.9. The smallest absolute Gasteiger partial charge is 0.316 e. The first-order valence-electron chi connectivity index (χ1n) is 11.9. The van der Waals surface area contributed by atoms with Crippen LogP contribution in [0.3, 0.4) is 0 Å². The molecule has 1 unspecified atom stereocenters.